The molecule has 1 N–H and O–H groups in total. The van der Waals surface area contributed by atoms with Gasteiger partial charge in [-0.2, -0.15) is 0 Å². The highest BCUT2D eigenvalue weighted by molar-refractivity contribution is 7.89. The highest BCUT2D eigenvalue weighted by atomic mass is 32.2. The first-order chi connectivity index (χ1) is 13.3. The molecular weight excluding hydrogens is 389 g/mol. The molecule has 150 valence electrons. The van der Waals surface area contributed by atoms with Crippen molar-refractivity contribution in [3.8, 4) is 5.75 Å². The highest BCUT2D eigenvalue weighted by Crippen LogP contribution is 2.12. The minimum atomic E-state index is -3.84. The van der Waals surface area contributed by atoms with E-state index in [9.17, 15) is 22.4 Å². The van der Waals surface area contributed by atoms with E-state index in [0.717, 1.165) is 0 Å². The van der Waals surface area contributed by atoms with E-state index in [2.05, 4.69) is 4.72 Å². The molecule has 0 aliphatic rings. The van der Waals surface area contributed by atoms with Gasteiger partial charge in [0.25, 0.3) is 0 Å². The van der Waals surface area contributed by atoms with E-state index >= 15 is 0 Å². The van der Waals surface area contributed by atoms with E-state index in [1.54, 1.807) is 0 Å². The van der Waals surface area contributed by atoms with Gasteiger partial charge in [0, 0.05) is 12.1 Å². The van der Waals surface area contributed by atoms with Gasteiger partial charge in [0.05, 0.1) is 11.3 Å². The van der Waals surface area contributed by atoms with Crippen LogP contribution in [0.1, 0.15) is 23.7 Å². The number of sulfonamides is 1. The van der Waals surface area contributed by atoms with Crippen LogP contribution in [-0.4, -0.2) is 39.9 Å². The molecule has 0 heterocycles. The summed E-state index contributed by atoms with van der Waals surface area (Å²) in [6, 6.07) is 11.0. The fourth-order valence-corrected chi connectivity index (χ4v) is 3.25. The molecule has 9 heteroatoms. The van der Waals surface area contributed by atoms with Crippen LogP contribution in [0.4, 0.5) is 4.39 Å². The van der Waals surface area contributed by atoms with E-state index in [1.165, 1.54) is 55.5 Å². The number of rotatable bonds is 10. The lowest BCUT2D eigenvalue weighted by Gasteiger charge is -2.09. The second kappa shape index (κ2) is 9.95. The smallest absolute Gasteiger partial charge is 0.307 e. The summed E-state index contributed by atoms with van der Waals surface area (Å²) in [4.78, 5) is 23.0. The second-order valence-electron chi connectivity index (χ2n) is 5.75. The molecule has 0 amide bonds. The number of carbonyl (C=O) groups excluding carboxylic acids is 2. The van der Waals surface area contributed by atoms with Crippen molar-refractivity contribution in [2.75, 3.05) is 19.8 Å². The number of hydrogen-bond acceptors (Lipinski definition) is 6. The Labute approximate surface area is 162 Å². The molecule has 0 saturated heterocycles. The first-order valence-electron chi connectivity index (χ1n) is 8.42. The van der Waals surface area contributed by atoms with E-state index in [-0.39, 0.29) is 48.2 Å². The Morgan fingerprint density at radius 2 is 1.79 bits per heavy atom. The zero-order valence-corrected chi connectivity index (χ0v) is 16.0. The predicted molar refractivity (Wildman–Crippen MR) is 99.1 cm³/mol. The molecular formula is C19H20FNO6S. The van der Waals surface area contributed by atoms with Crippen LogP contribution < -0.4 is 9.46 Å². The van der Waals surface area contributed by atoms with Crippen LogP contribution in [0.25, 0.3) is 0 Å². The third-order valence-electron chi connectivity index (χ3n) is 3.60. The van der Waals surface area contributed by atoms with Gasteiger partial charge in [-0.1, -0.05) is 12.1 Å². The predicted octanol–water partition coefficient (Wildman–Crippen LogP) is 2.32. The largest absolute Gasteiger partial charge is 0.490 e. The molecule has 0 spiro atoms. The number of ketones is 1. The molecule has 0 atom stereocenters. The van der Waals surface area contributed by atoms with Crippen LogP contribution in [0.5, 0.6) is 5.75 Å². The van der Waals surface area contributed by atoms with Crippen LogP contribution in [-0.2, 0) is 19.6 Å². The Hall–Kier alpha value is -2.78. The maximum Gasteiger partial charge on any atom is 0.307 e. The summed E-state index contributed by atoms with van der Waals surface area (Å²) in [5, 5.41) is 0. The number of benzene rings is 2. The molecule has 0 bridgehead atoms. The van der Waals surface area contributed by atoms with Gasteiger partial charge in [-0.05, 0) is 43.3 Å². The van der Waals surface area contributed by atoms with E-state index in [0.29, 0.717) is 5.75 Å². The number of Topliss-reactive ketones (excluding diaryl/α,β-unsaturated/α-hetero) is 1. The van der Waals surface area contributed by atoms with Crippen molar-refractivity contribution >= 4 is 21.8 Å². The molecule has 2 rings (SSSR count). The van der Waals surface area contributed by atoms with Gasteiger partial charge in [-0.25, -0.2) is 17.5 Å². The zero-order valence-electron chi connectivity index (χ0n) is 15.2. The minimum absolute atomic E-state index is 0.0242. The van der Waals surface area contributed by atoms with Crippen molar-refractivity contribution in [1.82, 2.24) is 4.72 Å². The van der Waals surface area contributed by atoms with Crippen molar-refractivity contribution < 1.29 is 31.9 Å². The van der Waals surface area contributed by atoms with E-state index in [4.69, 9.17) is 9.47 Å². The Kier molecular flexibility index (Phi) is 7.65. The van der Waals surface area contributed by atoms with Crippen molar-refractivity contribution in [2.24, 2.45) is 0 Å². The average molecular weight is 409 g/mol. The minimum Gasteiger partial charge on any atom is -0.490 e. The lowest BCUT2D eigenvalue weighted by Crippen LogP contribution is -2.27. The molecule has 0 aliphatic carbocycles. The molecule has 28 heavy (non-hydrogen) atoms. The number of esters is 1. The quantitative estimate of drug-likeness (QED) is 0.367. The van der Waals surface area contributed by atoms with Crippen LogP contribution in [0.2, 0.25) is 0 Å². The Morgan fingerprint density at radius 1 is 1.07 bits per heavy atom. The number of nitrogens with one attached hydrogen (secondary N) is 1. The van der Waals surface area contributed by atoms with Gasteiger partial charge >= 0.3 is 5.97 Å². The van der Waals surface area contributed by atoms with Crippen molar-refractivity contribution in [1.29, 1.82) is 0 Å². The monoisotopic (exact) mass is 409 g/mol. The summed E-state index contributed by atoms with van der Waals surface area (Å²) in [7, 11) is -3.84. The topological polar surface area (TPSA) is 98.8 Å². The summed E-state index contributed by atoms with van der Waals surface area (Å²) < 4.78 is 49.7. The van der Waals surface area contributed by atoms with Gasteiger partial charge in [0.2, 0.25) is 10.0 Å². The molecule has 0 fully saturated rings. The molecule has 0 saturated carbocycles. The molecule has 2 aromatic carbocycles. The van der Waals surface area contributed by atoms with Gasteiger partial charge in [-0.15, -0.1) is 0 Å². The molecule has 0 aromatic heterocycles. The first kappa shape index (κ1) is 21.5. The summed E-state index contributed by atoms with van der Waals surface area (Å²) in [6.07, 6.45) is -0.165. The Bertz CT molecular complexity index is 928. The van der Waals surface area contributed by atoms with Crippen LogP contribution >= 0.6 is 0 Å². The normalized spacial score (nSPS) is 11.1. The lowest BCUT2D eigenvalue weighted by molar-refractivity contribution is -0.144. The number of hydrogen-bond donors (Lipinski definition) is 1. The Morgan fingerprint density at radius 3 is 2.46 bits per heavy atom. The van der Waals surface area contributed by atoms with E-state index in [1.807, 2.05) is 0 Å². The summed E-state index contributed by atoms with van der Waals surface area (Å²) >= 11 is 0. The lowest BCUT2D eigenvalue weighted by atomic mass is 10.2. The highest BCUT2D eigenvalue weighted by Gasteiger charge is 2.15. The summed E-state index contributed by atoms with van der Waals surface area (Å²) in [5.74, 6) is -0.779. The third-order valence-corrected chi connectivity index (χ3v) is 5.06. The molecule has 0 unspecified atom stereocenters. The summed E-state index contributed by atoms with van der Waals surface area (Å²) in [5.41, 5.74) is 0.281. The molecule has 0 radical (unpaired) electrons. The fourth-order valence-electron chi connectivity index (χ4n) is 2.17. The van der Waals surface area contributed by atoms with Gasteiger partial charge < -0.3 is 9.47 Å². The SMILES string of the molecule is CC(=O)c1cccc(S(=O)(=O)NCCC(=O)OCCOc2ccc(F)cc2)c1. The third kappa shape index (κ3) is 6.75. The molecule has 7 nitrogen and oxygen atoms in total. The Balaban J connectivity index is 1.71. The van der Waals surface area contributed by atoms with Gasteiger partial charge in [0.15, 0.2) is 5.78 Å². The van der Waals surface area contributed by atoms with E-state index < -0.39 is 16.0 Å². The van der Waals surface area contributed by atoms with Crippen molar-refractivity contribution in [3.05, 3.63) is 59.9 Å². The standard InChI is InChI=1S/C19H20FNO6S/c1-14(22)15-3-2-4-18(13-15)28(24,25)21-10-9-19(23)27-12-11-26-17-7-5-16(20)6-8-17/h2-8,13,21H,9-12H2,1H3. The number of halogens is 1. The van der Waals surface area contributed by atoms with Crippen LogP contribution in [0.3, 0.4) is 0 Å². The average Bonchev–Trinajstić information content (AvgIpc) is 2.66. The van der Waals surface area contributed by atoms with Gasteiger partial charge in [-0.3, -0.25) is 9.59 Å². The van der Waals surface area contributed by atoms with Gasteiger partial charge in [0.1, 0.15) is 24.8 Å². The van der Waals surface area contributed by atoms with Crippen LogP contribution in [0, 0.1) is 5.82 Å². The maximum atomic E-state index is 12.8. The van der Waals surface area contributed by atoms with Crippen molar-refractivity contribution in [3.63, 3.8) is 0 Å². The molecule has 2 aromatic rings. The van der Waals surface area contributed by atoms with Crippen LogP contribution in [0.15, 0.2) is 53.4 Å². The zero-order chi connectivity index (χ0) is 20.6. The van der Waals surface area contributed by atoms with Crippen molar-refractivity contribution in [2.45, 2.75) is 18.2 Å². The number of carbonyl (C=O) groups is 2. The fraction of sp³-hybridized carbons (Fsp3) is 0.263. The first-order valence-corrected chi connectivity index (χ1v) is 9.91. The number of ether oxygens (including phenoxy) is 2. The second-order valence-corrected chi connectivity index (χ2v) is 7.52. The maximum absolute atomic E-state index is 12.8. The summed E-state index contributed by atoms with van der Waals surface area (Å²) in [6.45, 7) is 1.25. The molecule has 0 aliphatic heterocycles.